The molecule has 1 atom stereocenters. The quantitative estimate of drug-likeness (QED) is 0.828. The van der Waals surface area contributed by atoms with Gasteiger partial charge < -0.3 is 14.5 Å². The Morgan fingerprint density at radius 2 is 2.00 bits per heavy atom. The zero-order valence-electron chi connectivity index (χ0n) is 15.0. The topological polar surface area (TPSA) is 49.9 Å². The van der Waals surface area contributed by atoms with Crippen molar-refractivity contribution < 1.29 is 14.3 Å². The van der Waals surface area contributed by atoms with Gasteiger partial charge in [-0.3, -0.25) is 9.59 Å². The number of carbonyl (C=O) groups is 2. The van der Waals surface area contributed by atoms with Crippen molar-refractivity contribution in [3.8, 4) is 5.75 Å². The number of rotatable bonds is 3. The zero-order chi connectivity index (χ0) is 18.8. The lowest BCUT2D eigenvalue weighted by molar-refractivity contribution is -0.121. The molecule has 3 rings (SSSR count). The lowest BCUT2D eigenvalue weighted by atomic mass is 10.0. The number of hydrogen-bond acceptors (Lipinski definition) is 3. The summed E-state index contributed by atoms with van der Waals surface area (Å²) < 4.78 is 5.19. The average molecular weight is 373 g/mol. The number of piperazine rings is 1. The monoisotopic (exact) mass is 372 g/mol. The third-order valence-electron chi connectivity index (χ3n) is 4.63. The molecule has 0 aromatic heterocycles. The number of carbonyl (C=O) groups excluding carboxylic acids is 2. The SMILES string of the molecule is COc1ccc(C(=O)N2CC(=O)N(c3cccc(Cl)c3)C[C@H]2C)c(C)c1. The fourth-order valence-corrected chi connectivity index (χ4v) is 3.36. The van der Waals surface area contributed by atoms with Crippen molar-refractivity contribution in [2.75, 3.05) is 25.1 Å². The fraction of sp³-hybridized carbons (Fsp3) is 0.300. The lowest BCUT2D eigenvalue weighted by Gasteiger charge is -2.39. The molecule has 1 aliphatic rings. The molecule has 0 aliphatic carbocycles. The molecule has 2 aromatic rings. The number of benzene rings is 2. The molecule has 0 unspecified atom stereocenters. The van der Waals surface area contributed by atoms with Crippen LogP contribution in [0, 0.1) is 6.92 Å². The minimum Gasteiger partial charge on any atom is -0.497 e. The molecule has 0 spiro atoms. The first-order valence-electron chi connectivity index (χ1n) is 8.42. The molecular weight excluding hydrogens is 352 g/mol. The maximum absolute atomic E-state index is 13.0. The van der Waals surface area contributed by atoms with E-state index in [9.17, 15) is 9.59 Å². The largest absolute Gasteiger partial charge is 0.497 e. The van der Waals surface area contributed by atoms with Gasteiger partial charge in [-0.15, -0.1) is 0 Å². The molecule has 2 amide bonds. The number of ether oxygens (including phenoxy) is 1. The first kappa shape index (κ1) is 18.3. The van der Waals surface area contributed by atoms with E-state index in [0.29, 0.717) is 22.9 Å². The number of halogens is 1. The van der Waals surface area contributed by atoms with Crippen LogP contribution < -0.4 is 9.64 Å². The molecule has 0 saturated carbocycles. The van der Waals surface area contributed by atoms with Gasteiger partial charge in [0.1, 0.15) is 12.3 Å². The predicted octanol–water partition coefficient (Wildman–Crippen LogP) is 3.53. The first-order valence-corrected chi connectivity index (χ1v) is 8.80. The van der Waals surface area contributed by atoms with Crippen molar-refractivity contribution in [3.05, 3.63) is 58.6 Å². The molecule has 6 heteroatoms. The van der Waals surface area contributed by atoms with Crippen molar-refractivity contribution in [1.82, 2.24) is 4.90 Å². The lowest BCUT2D eigenvalue weighted by Crippen LogP contribution is -2.57. The summed E-state index contributed by atoms with van der Waals surface area (Å²) in [5, 5.41) is 0.579. The van der Waals surface area contributed by atoms with E-state index < -0.39 is 0 Å². The van der Waals surface area contributed by atoms with Gasteiger partial charge in [0.15, 0.2) is 0 Å². The second-order valence-corrected chi connectivity index (χ2v) is 6.88. The van der Waals surface area contributed by atoms with Gasteiger partial charge in [0.25, 0.3) is 5.91 Å². The van der Waals surface area contributed by atoms with Crippen LogP contribution in [0.4, 0.5) is 5.69 Å². The molecule has 136 valence electrons. The van der Waals surface area contributed by atoms with Crippen LogP contribution >= 0.6 is 11.6 Å². The number of anilines is 1. The van der Waals surface area contributed by atoms with Gasteiger partial charge >= 0.3 is 0 Å². The van der Waals surface area contributed by atoms with Crippen molar-refractivity contribution >= 4 is 29.1 Å². The highest BCUT2D eigenvalue weighted by molar-refractivity contribution is 6.30. The van der Waals surface area contributed by atoms with Crippen LogP contribution in [0.1, 0.15) is 22.8 Å². The zero-order valence-corrected chi connectivity index (χ0v) is 15.8. The summed E-state index contributed by atoms with van der Waals surface area (Å²) >= 11 is 6.04. The smallest absolute Gasteiger partial charge is 0.254 e. The molecule has 1 fully saturated rings. The van der Waals surface area contributed by atoms with E-state index in [-0.39, 0.29) is 24.4 Å². The Morgan fingerprint density at radius 3 is 2.65 bits per heavy atom. The Kier molecular flexibility index (Phi) is 5.18. The number of amides is 2. The van der Waals surface area contributed by atoms with Crippen LogP contribution in [0.5, 0.6) is 5.75 Å². The van der Waals surface area contributed by atoms with E-state index in [1.165, 1.54) is 0 Å². The van der Waals surface area contributed by atoms with Gasteiger partial charge in [-0.05, 0) is 55.8 Å². The molecule has 0 bridgehead atoms. The molecular formula is C20H21ClN2O3. The Morgan fingerprint density at radius 1 is 1.23 bits per heavy atom. The Bertz CT molecular complexity index is 853. The van der Waals surface area contributed by atoms with Crippen LogP contribution in [-0.4, -0.2) is 43.0 Å². The Labute approximate surface area is 158 Å². The number of nitrogens with zero attached hydrogens (tertiary/aromatic N) is 2. The van der Waals surface area contributed by atoms with Crippen LogP contribution in [0.3, 0.4) is 0 Å². The molecule has 1 aliphatic heterocycles. The van der Waals surface area contributed by atoms with Crippen molar-refractivity contribution in [2.24, 2.45) is 0 Å². The van der Waals surface area contributed by atoms with Crippen LogP contribution in [0.15, 0.2) is 42.5 Å². The van der Waals surface area contributed by atoms with Gasteiger partial charge in [0, 0.05) is 28.9 Å². The fourth-order valence-electron chi connectivity index (χ4n) is 3.17. The van der Waals surface area contributed by atoms with Gasteiger partial charge in [0.2, 0.25) is 5.91 Å². The second kappa shape index (κ2) is 7.38. The summed E-state index contributed by atoms with van der Waals surface area (Å²) in [7, 11) is 1.59. The molecule has 0 radical (unpaired) electrons. The van der Waals surface area contributed by atoms with E-state index in [1.54, 1.807) is 41.2 Å². The van der Waals surface area contributed by atoms with E-state index in [2.05, 4.69) is 0 Å². The van der Waals surface area contributed by atoms with Gasteiger partial charge in [-0.1, -0.05) is 17.7 Å². The second-order valence-electron chi connectivity index (χ2n) is 6.45. The van der Waals surface area contributed by atoms with Crippen molar-refractivity contribution in [3.63, 3.8) is 0 Å². The number of methoxy groups -OCH3 is 1. The third-order valence-corrected chi connectivity index (χ3v) is 4.87. The maximum atomic E-state index is 13.0. The van der Waals surface area contributed by atoms with E-state index in [4.69, 9.17) is 16.3 Å². The molecule has 1 saturated heterocycles. The minimum absolute atomic E-state index is 0.0397. The highest BCUT2D eigenvalue weighted by Crippen LogP contribution is 2.25. The first-order chi connectivity index (χ1) is 12.4. The maximum Gasteiger partial charge on any atom is 0.254 e. The Hall–Kier alpha value is -2.53. The standard InChI is InChI=1S/C20H21ClN2O3/c1-13-9-17(26-3)7-8-18(13)20(25)22-12-19(24)23(11-14(22)2)16-6-4-5-15(21)10-16/h4-10,14H,11-12H2,1-3H3/t14-/m1/s1. The van der Waals surface area contributed by atoms with E-state index >= 15 is 0 Å². The highest BCUT2D eigenvalue weighted by Gasteiger charge is 2.34. The van der Waals surface area contributed by atoms with Crippen LogP contribution in [0.2, 0.25) is 5.02 Å². The summed E-state index contributed by atoms with van der Waals surface area (Å²) in [5.74, 6) is 0.440. The molecule has 2 aromatic carbocycles. The van der Waals surface area contributed by atoms with Crippen molar-refractivity contribution in [2.45, 2.75) is 19.9 Å². The van der Waals surface area contributed by atoms with Gasteiger partial charge in [0.05, 0.1) is 7.11 Å². The molecule has 0 N–H and O–H groups in total. The normalized spacial score (nSPS) is 17.4. The van der Waals surface area contributed by atoms with Crippen LogP contribution in [-0.2, 0) is 4.79 Å². The van der Waals surface area contributed by atoms with Crippen molar-refractivity contribution in [1.29, 1.82) is 0 Å². The average Bonchev–Trinajstić information content (AvgIpc) is 2.62. The summed E-state index contributed by atoms with van der Waals surface area (Å²) in [4.78, 5) is 28.9. The molecule has 5 nitrogen and oxygen atoms in total. The van der Waals surface area contributed by atoms with Crippen LogP contribution in [0.25, 0.3) is 0 Å². The van der Waals surface area contributed by atoms with Gasteiger partial charge in [-0.2, -0.15) is 0 Å². The van der Waals surface area contributed by atoms with Gasteiger partial charge in [-0.25, -0.2) is 0 Å². The Balaban J connectivity index is 1.81. The predicted molar refractivity (Wildman–Crippen MR) is 102 cm³/mol. The summed E-state index contributed by atoms with van der Waals surface area (Å²) in [5.41, 5.74) is 2.16. The summed E-state index contributed by atoms with van der Waals surface area (Å²) in [6.45, 7) is 4.28. The third kappa shape index (κ3) is 3.53. The van der Waals surface area contributed by atoms with E-state index in [0.717, 1.165) is 11.3 Å². The molecule has 1 heterocycles. The minimum atomic E-state index is -0.142. The summed E-state index contributed by atoms with van der Waals surface area (Å²) in [6.07, 6.45) is 0. The number of aryl methyl sites for hydroxylation is 1. The number of hydrogen-bond donors (Lipinski definition) is 0. The molecule has 26 heavy (non-hydrogen) atoms. The van der Waals surface area contributed by atoms with E-state index in [1.807, 2.05) is 32.0 Å². The highest BCUT2D eigenvalue weighted by atomic mass is 35.5. The summed E-state index contributed by atoms with van der Waals surface area (Å²) in [6, 6.07) is 12.4.